The molecule has 3 N–H and O–H groups in total. The van der Waals surface area contributed by atoms with Crippen LogP contribution in [0.4, 0.5) is 0 Å². The van der Waals surface area contributed by atoms with Crippen molar-refractivity contribution in [2.45, 2.75) is 70.9 Å². The molecule has 0 amide bonds. The topological polar surface area (TPSA) is 47.3 Å². The first-order valence-electron chi connectivity index (χ1n) is 7.28. The molecule has 3 heteroatoms. The summed E-state index contributed by atoms with van der Waals surface area (Å²) in [4.78, 5) is 0. The van der Waals surface area contributed by atoms with Gasteiger partial charge >= 0.3 is 0 Å². The summed E-state index contributed by atoms with van der Waals surface area (Å²) in [5, 5.41) is 0. The number of hydrogen-bond donors (Lipinski definition) is 2. The molecule has 0 aromatic heterocycles. The summed E-state index contributed by atoms with van der Waals surface area (Å²) in [6.07, 6.45) is 6.82. The van der Waals surface area contributed by atoms with Crippen molar-refractivity contribution in [3.05, 3.63) is 12.2 Å². The molecule has 3 nitrogen and oxygen atoms in total. The van der Waals surface area contributed by atoms with Crippen LogP contribution < -0.4 is 11.3 Å². The van der Waals surface area contributed by atoms with Crippen LogP contribution in [0, 0.1) is 5.92 Å². The van der Waals surface area contributed by atoms with Gasteiger partial charge in [-0.3, -0.25) is 11.3 Å². The Morgan fingerprint density at radius 2 is 2.33 bits per heavy atom. The molecular weight excluding hydrogens is 224 g/mol. The van der Waals surface area contributed by atoms with E-state index in [4.69, 9.17) is 10.6 Å². The molecule has 0 radical (unpaired) electrons. The monoisotopic (exact) mass is 254 g/mol. The van der Waals surface area contributed by atoms with Gasteiger partial charge in [-0.25, -0.2) is 0 Å². The lowest BCUT2D eigenvalue weighted by Crippen LogP contribution is -2.56. The van der Waals surface area contributed by atoms with E-state index in [9.17, 15) is 0 Å². The Morgan fingerprint density at radius 1 is 1.61 bits per heavy atom. The molecule has 0 saturated heterocycles. The first kappa shape index (κ1) is 15.7. The smallest absolute Gasteiger partial charge is 0.0850 e. The molecule has 3 unspecified atom stereocenters. The van der Waals surface area contributed by atoms with Crippen LogP contribution in [0.5, 0.6) is 0 Å². The summed E-state index contributed by atoms with van der Waals surface area (Å²) >= 11 is 0. The molecule has 0 bridgehead atoms. The minimum atomic E-state index is -0.0728. The highest BCUT2D eigenvalue weighted by Crippen LogP contribution is 2.39. The Morgan fingerprint density at radius 3 is 2.83 bits per heavy atom. The summed E-state index contributed by atoms with van der Waals surface area (Å²) < 4.78 is 6.15. The standard InChI is InChI=1S/C15H30N2O/c1-5-18-15(10-6-7-13(4)11-15)14(17-16)9-8-12(2)3/h13-14,17H,2,5-11,16H2,1,3-4H3. The van der Waals surface area contributed by atoms with Crippen molar-refractivity contribution in [2.24, 2.45) is 11.8 Å². The molecular formula is C15H30N2O. The van der Waals surface area contributed by atoms with Crippen molar-refractivity contribution in [3.8, 4) is 0 Å². The maximum Gasteiger partial charge on any atom is 0.0850 e. The van der Waals surface area contributed by atoms with Crippen LogP contribution in [-0.4, -0.2) is 18.2 Å². The van der Waals surface area contributed by atoms with E-state index in [0.29, 0.717) is 0 Å². The molecule has 18 heavy (non-hydrogen) atoms. The van der Waals surface area contributed by atoms with Crippen molar-refractivity contribution < 1.29 is 4.74 Å². The second-order valence-corrected chi connectivity index (χ2v) is 5.91. The molecule has 0 aliphatic heterocycles. The zero-order chi connectivity index (χ0) is 13.6. The highest BCUT2D eigenvalue weighted by Gasteiger charge is 2.41. The summed E-state index contributed by atoms with van der Waals surface area (Å²) in [5.41, 5.74) is 4.15. The summed E-state index contributed by atoms with van der Waals surface area (Å²) in [7, 11) is 0. The van der Waals surface area contributed by atoms with Crippen LogP contribution in [0.1, 0.15) is 59.3 Å². The SMILES string of the molecule is C=C(C)CCC(NN)C1(OCC)CCCC(C)C1. The highest BCUT2D eigenvalue weighted by molar-refractivity contribution is 4.99. The lowest BCUT2D eigenvalue weighted by atomic mass is 9.73. The van der Waals surface area contributed by atoms with Gasteiger partial charge in [0.15, 0.2) is 0 Å². The highest BCUT2D eigenvalue weighted by atomic mass is 16.5. The van der Waals surface area contributed by atoms with E-state index in [2.05, 4.69) is 32.8 Å². The quantitative estimate of drug-likeness (QED) is 0.417. The lowest BCUT2D eigenvalue weighted by Gasteiger charge is -2.45. The van der Waals surface area contributed by atoms with Gasteiger partial charge in [0, 0.05) is 6.61 Å². The van der Waals surface area contributed by atoms with Crippen molar-refractivity contribution in [2.75, 3.05) is 6.61 Å². The second-order valence-electron chi connectivity index (χ2n) is 5.91. The van der Waals surface area contributed by atoms with Crippen LogP contribution >= 0.6 is 0 Å². The molecule has 106 valence electrons. The Hall–Kier alpha value is -0.380. The zero-order valence-corrected chi connectivity index (χ0v) is 12.3. The second kappa shape index (κ2) is 7.27. The maximum absolute atomic E-state index is 6.15. The first-order valence-corrected chi connectivity index (χ1v) is 7.28. The fourth-order valence-electron chi connectivity index (χ4n) is 3.27. The van der Waals surface area contributed by atoms with E-state index in [1.165, 1.54) is 18.4 Å². The van der Waals surface area contributed by atoms with Crippen LogP contribution in [0.25, 0.3) is 0 Å². The summed E-state index contributed by atoms with van der Waals surface area (Å²) in [5.74, 6) is 6.52. The molecule has 0 spiro atoms. The van der Waals surface area contributed by atoms with Gasteiger partial charge in [-0.2, -0.15) is 0 Å². The molecule has 1 aliphatic rings. The van der Waals surface area contributed by atoms with Crippen molar-refractivity contribution in [1.82, 2.24) is 5.43 Å². The van der Waals surface area contributed by atoms with E-state index >= 15 is 0 Å². The van der Waals surface area contributed by atoms with Gasteiger partial charge in [-0.05, 0) is 45.4 Å². The lowest BCUT2D eigenvalue weighted by molar-refractivity contribution is -0.102. The van der Waals surface area contributed by atoms with Gasteiger partial charge in [0.2, 0.25) is 0 Å². The number of nitrogens with one attached hydrogen (secondary N) is 1. The molecule has 0 aromatic rings. The number of hydrogen-bond acceptors (Lipinski definition) is 3. The molecule has 1 aliphatic carbocycles. The third kappa shape index (κ3) is 4.08. The third-order valence-electron chi connectivity index (χ3n) is 4.12. The molecule has 0 aromatic carbocycles. The van der Waals surface area contributed by atoms with Gasteiger partial charge in [-0.15, -0.1) is 6.58 Å². The van der Waals surface area contributed by atoms with Gasteiger partial charge < -0.3 is 4.74 Å². The Labute approximate surface area is 112 Å². The van der Waals surface area contributed by atoms with Gasteiger partial charge in [-0.1, -0.05) is 25.3 Å². The largest absolute Gasteiger partial charge is 0.374 e. The number of allylic oxidation sites excluding steroid dienone is 1. The van der Waals surface area contributed by atoms with Crippen LogP contribution in [0.3, 0.4) is 0 Å². The van der Waals surface area contributed by atoms with Gasteiger partial charge in [0.05, 0.1) is 11.6 Å². The minimum absolute atomic E-state index is 0.0728. The van der Waals surface area contributed by atoms with E-state index < -0.39 is 0 Å². The van der Waals surface area contributed by atoms with E-state index in [1.807, 2.05) is 0 Å². The minimum Gasteiger partial charge on any atom is -0.374 e. The van der Waals surface area contributed by atoms with Crippen LogP contribution in [0.15, 0.2) is 12.2 Å². The predicted molar refractivity (Wildman–Crippen MR) is 77.1 cm³/mol. The Balaban J connectivity index is 2.75. The Kier molecular flexibility index (Phi) is 6.33. The molecule has 1 rings (SSSR count). The Bertz CT molecular complexity index is 263. The summed E-state index contributed by atoms with van der Waals surface area (Å²) in [6.45, 7) is 11.2. The van der Waals surface area contributed by atoms with Gasteiger partial charge in [0.25, 0.3) is 0 Å². The average Bonchev–Trinajstić information content (AvgIpc) is 2.29. The van der Waals surface area contributed by atoms with Crippen LogP contribution in [-0.2, 0) is 4.74 Å². The van der Waals surface area contributed by atoms with Crippen molar-refractivity contribution in [1.29, 1.82) is 0 Å². The first-order chi connectivity index (χ1) is 8.54. The average molecular weight is 254 g/mol. The fourth-order valence-corrected chi connectivity index (χ4v) is 3.27. The maximum atomic E-state index is 6.15. The van der Waals surface area contributed by atoms with Crippen molar-refractivity contribution in [3.63, 3.8) is 0 Å². The van der Waals surface area contributed by atoms with Gasteiger partial charge in [0.1, 0.15) is 0 Å². The number of hydrazine groups is 1. The predicted octanol–water partition coefficient (Wildman–Crippen LogP) is 3.16. The van der Waals surface area contributed by atoms with E-state index in [-0.39, 0.29) is 11.6 Å². The molecule has 3 atom stereocenters. The van der Waals surface area contributed by atoms with E-state index in [1.54, 1.807) is 0 Å². The third-order valence-corrected chi connectivity index (χ3v) is 4.12. The van der Waals surface area contributed by atoms with Crippen LogP contribution in [0.2, 0.25) is 0 Å². The number of ether oxygens (including phenoxy) is 1. The van der Waals surface area contributed by atoms with E-state index in [0.717, 1.165) is 38.2 Å². The zero-order valence-electron chi connectivity index (χ0n) is 12.3. The van der Waals surface area contributed by atoms with Crippen molar-refractivity contribution >= 4 is 0 Å². The fraction of sp³-hybridized carbons (Fsp3) is 0.867. The molecule has 1 saturated carbocycles. The normalized spacial score (nSPS) is 30.1. The molecule has 1 fully saturated rings. The number of nitrogens with two attached hydrogens (primary N) is 1. The molecule has 0 heterocycles. The number of rotatable bonds is 7. The summed E-state index contributed by atoms with van der Waals surface area (Å²) in [6, 6.07) is 0.233.